The van der Waals surface area contributed by atoms with Gasteiger partial charge in [0.25, 0.3) is 0 Å². The highest BCUT2D eigenvalue weighted by molar-refractivity contribution is 5.90. The van der Waals surface area contributed by atoms with E-state index < -0.39 is 17.5 Å². The molecule has 1 amide bonds. The van der Waals surface area contributed by atoms with Gasteiger partial charge in [0.15, 0.2) is 17.5 Å². The van der Waals surface area contributed by atoms with Crippen molar-refractivity contribution in [1.29, 1.82) is 0 Å². The van der Waals surface area contributed by atoms with Gasteiger partial charge in [-0.1, -0.05) is 13.3 Å². The lowest BCUT2D eigenvalue weighted by atomic mass is 10.2. The third-order valence-electron chi connectivity index (χ3n) is 3.24. The highest BCUT2D eigenvalue weighted by Crippen LogP contribution is 2.24. The van der Waals surface area contributed by atoms with Crippen molar-refractivity contribution < 1.29 is 18.0 Å². The fraction of sp³-hybridized carbons (Fsp3) is 0.235. The summed E-state index contributed by atoms with van der Waals surface area (Å²) in [7, 11) is 0. The lowest BCUT2D eigenvalue weighted by Crippen LogP contribution is -2.10. The number of amides is 1. The van der Waals surface area contributed by atoms with Crippen molar-refractivity contribution >= 4 is 23.0 Å². The quantitative estimate of drug-likeness (QED) is 0.737. The van der Waals surface area contributed by atoms with Crippen LogP contribution in [0.2, 0.25) is 0 Å². The second-order valence-corrected chi connectivity index (χ2v) is 5.08. The molecule has 0 spiro atoms. The number of hydrogen-bond acceptors (Lipinski definition) is 2. The SMILES string of the molecule is CCCCC(=O)Nc1ccc(Nc2ccc(F)c(F)c2F)cc1. The topological polar surface area (TPSA) is 41.1 Å². The Bertz CT molecular complexity index is 687. The molecule has 2 rings (SSSR count). The summed E-state index contributed by atoms with van der Waals surface area (Å²) in [6.45, 7) is 2.01. The van der Waals surface area contributed by atoms with Crippen LogP contribution in [0.25, 0.3) is 0 Å². The highest BCUT2D eigenvalue weighted by Gasteiger charge is 2.13. The Kier molecular flexibility index (Phi) is 5.62. The second-order valence-electron chi connectivity index (χ2n) is 5.08. The van der Waals surface area contributed by atoms with Crippen LogP contribution in [0.5, 0.6) is 0 Å². The molecular formula is C17H17F3N2O. The van der Waals surface area contributed by atoms with E-state index in [-0.39, 0.29) is 11.6 Å². The molecule has 2 N–H and O–H groups in total. The molecule has 122 valence electrons. The third kappa shape index (κ3) is 4.48. The minimum Gasteiger partial charge on any atom is -0.353 e. The summed E-state index contributed by atoms with van der Waals surface area (Å²) < 4.78 is 39.6. The molecule has 6 heteroatoms. The molecule has 3 nitrogen and oxygen atoms in total. The molecule has 0 radical (unpaired) electrons. The normalized spacial score (nSPS) is 10.4. The summed E-state index contributed by atoms with van der Waals surface area (Å²) >= 11 is 0. The molecule has 0 aliphatic carbocycles. The Morgan fingerprint density at radius 1 is 0.957 bits per heavy atom. The fourth-order valence-electron chi connectivity index (χ4n) is 1.98. The van der Waals surface area contributed by atoms with Gasteiger partial charge in [-0.25, -0.2) is 13.2 Å². The fourth-order valence-corrected chi connectivity index (χ4v) is 1.98. The molecule has 0 fully saturated rings. The average molecular weight is 322 g/mol. The molecule has 0 aliphatic heterocycles. The predicted molar refractivity (Wildman–Crippen MR) is 84.2 cm³/mol. The number of hydrogen-bond donors (Lipinski definition) is 2. The zero-order valence-corrected chi connectivity index (χ0v) is 12.6. The molecule has 2 aromatic rings. The van der Waals surface area contributed by atoms with Gasteiger partial charge >= 0.3 is 0 Å². The molecule has 0 atom stereocenters. The Hall–Kier alpha value is -2.50. The van der Waals surface area contributed by atoms with Crippen LogP contribution in [0, 0.1) is 17.5 Å². The van der Waals surface area contributed by atoms with Crippen LogP contribution >= 0.6 is 0 Å². The van der Waals surface area contributed by atoms with Crippen molar-refractivity contribution in [3.05, 3.63) is 53.8 Å². The first-order valence-corrected chi connectivity index (χ1v) is 7.31. The molecule has 0 aliphatic rings. The van der Waals surface area contributed by atoms with Gasteiger partial charge in [0.05, 0.1) is 5.69 Å². The Balaban J connectivity index is 2.03. The molecule has 0 bridgehead atoms. The zero-order chi connectivity index (χ0) is 16.8. The van der Waals surface area contributed by atoms with Crippen LogP contribution in [-0.4, -0.2) is 5.91 Å². The van der Waals surface area contributed by atoms with E-state index in [4.69, 9.17) is 0 Å². The second kappa shape index (κ2) is 7.67. The molecule has 0 saturated heterocycles. The first kappa shape index (κ1) is 16.9. The number of anilines is 3. The smallest absolute Gasteiger partial charge is 0.224 e. The van der Waals surface area contributed by atoms with Gasteiger partial charge in [0.2, 0.25) is 5.91 Å². The third-order valence-corrected chi connectivity index (χ3v) is 3.24. The van der Waals surface area contributed by atoms with Crippen LogP contribution in [0.1, 0.15) is 26.2 Å². The monoisotopic (exact) mass is 322 g/mol. The van der Waals surface area contributed by atoms with E-state index in [2.05, 4.69) is 10.6 Å². The number of benzene rings is 2. The summed E-state index contributed by atoms with van der Waals surface area (Å²) in [4.78, 5) is 11.6. The summed E-state index contributed by atoms with van der Waals surface area (Å²) in [5.74, 6) is -4.10. The van der Waals surface area contributed by atoms with Gasteiger partial charge in [-0.2, -0.15) is 0 Å². The van der Waals surface area contributed by atoms with E-state index in [1.54, 1.807) is 24.3 Å². The number of carbonyl (C=O) groups is 1. The van der Waals surface area contributed by atoms with Crippen molar-refractivity contribution in [1.82, 2.24) is 0 Å². The van der Waals surface area contributed by atoms with Gasteiger partial charge in [0.1, 0.15) is 0 Å². The summed E-state index contributed by atoms with van der Waals surface area (Å²) in [5, 5.41) is 5.41. The van der Waals surface area contributed by atoms with E-state index in [1.165, 1.54) is 0 Å². The van der Waals surface area contributed by atoms with Gasteiger partial charge < -0.3 is 10.6 Å². The van der Waals surface area contributed by atoms with Gasteiger partial charge in [-0.05, 0) is 42.8 Å². The van der Waals surface area contributed by atoms with Crippen molar-refractivity contribution in [3.8, 4) is 0 Å². The van der Waals surface area contributed by atoms with E-state index in [9.17, 15) is 18.0 Å². The summed E-state index contributed by atoms with van der Waals surface area (Å²) in [5.41, 5.74) is 0.938. The summed E-state index contributed by atoms with van der Waals surface area (Å²) in [6.07, 6.45) is 2.22. The molecule has 0 saturated carbocycles. The number of unbranched alkanes of at least 4 members (excludes halogenated alkanes) is 1. The molecule has 0 aromatic heterocycles. The van der Waals surface area contributed by atoms with Crippen LogP contribution in [0.15, 0.2) is 36.4 Å². The Labute approximate surface area is 132 Å². The minimum absolute atomic E-state index is 0.0702. The van der Waals surface area contributed by atoms with Crippen LogP contribution < -0.4 is 10.6 Å². The number of carbonyl (C=O) groups excluding carboxylic acids is 1. The maximum atomic E-state index is 13.6. The van der Waals surface area contributed by atoms with Crippen LogP contribution in [0.4, 0.5) is 30.2 Å². The van der Waals surface area contributed by atoms with Crippen LogP contribution in [0.3, 0.4) is 0 Å². The standard InChI is InChI=1S/C17H17F3N2O/c1-2-3-4-15(23)22-12-7-5-11(6-8-12)21-14-10-9-13(18)16(19)17(14)20/h5-10,21H,2-4H2,1H3,(H,22,23). The molecular weight excluding hydrogens is 305 g/mol. The maximum Gasteiger partial charge on any atom is 0.224 e. The van der Waals surface area contributed by atoms with Gasteiger partial charge in [-0.15, -0.1) is 0 Å². The van der Waals surface area contributed by atoms with E-state index in [0.29, 0.717) is 17.8 Å². The molecule has 23 heavy (non-hydrogen) atoms. The van der Waals surface area contributed by atoms with Crippen molar-refractivity contribution in [2.75, 3.05) is 10.6 Å². The van der Waals surface area contributed by atoms with E-state index in [1.807, 2.05) is 6.92 Å². The summed E-state index contributed by atoms with van der Waals surface area (Å²) in [6, 6.07) is 8.47. The maximum absolute atomic E-state index is 13.6. The Morgan fingerprint density at radius 3 is 2.26 bits per heavy atom. The average Bonchev–Trinajstić information content (AvgIpc) is 2.55. The highest BCUT2D eigenvalue weighted by atomic mass is 19.2. The zero-order valence-electron chi connectivity index (χ0n) is 12.6. The molecule has 0 heterocycles. The number of nitrogens with one attached hydrogen (secondary N) is 2. The lowest BCUT2D eigenvalue weighted by molar-refractivity contribution is -0.116. The minimum atomic E-state index is -1.52. The molecule has 2 aromatic carbocycles. The Morgan fingerprint density at radius 2 is 1.61 bits per heavy atom. The van der Waals surface area contributed by atoms with Crippen molar-refractivity contribution in [2.24, 2.45) is 0 Å². The van der Waals surface area contributed by atoms with Gasteiger partial charge in [0, 0.05) is 17.8 Å². The van der Waals surface area contributed by atoms with Crippen LogP contribution in [-0.2, 0) is 4.79 Å². The molecule has 0 unspecified atom stereocenters. The van der Waals surface area contributed by atoms with Gasteiger partial charge in [-0.3, -0.25) is 4.79 Å². The number of halogens is 3. The first-order chi connectivity index (χ1) is 11.0. The largest absolute Gasteiger partial charge is 0.353 e. The van der Waals surface area contributed by atoms with Crippen molar-refractivity contribution in [3.63, 3.8) is 0 Å². The first-order valence-electron chi connectivity index (χ1n) is 7.31. The lowest BCUT2D eigenvalue weighted by Gasteiger charge is -2.10. The van der Waals surface area contributed by atoms with E-state index >= 15 is 0 Å². The van der Waals surface area contributed by atoms with E-state index in [0.717, 1.165) is 25.0 Å². The predicted octanol–water partition coefficient (Wildman–Crippen LogP) is 4.98. The van der Waals surface area contributed by atoms with Crippen molar-refractivity contribution in [2.45, 2.75) is 26.2 Å². The number of rotatable bonds is 6.